The van der Waals surface area contributed by atoms with Crippen molar-refractivity contribution in [3.8, 4) is 0 Å². The molecule has 1 aliphatic heterocycles. The molecule has 3 atom stereocenters. The predicted molar refractivity (Wildman–Crippen MR) is 149 cm³/mol. The van der Waals surface area contributed by atoms with Gasteiger partial charge in [-0.2, -0.15) is 5.10 Å². The lowest BCUT2D eigenvalue weighted by atomic mass is 9.76. The van der Waals surface area contributed by atoms with Gasteiger partial charge in [0.2, 0.25) is 0 Å². The Bertz CT molecular complexity index is 560. The maximum Gasteiger partial charge on any atom is 0.0582 e. The zero-order valence-electron chi connectivity index (χ0n) is 23.4. The first-order valence-electron chi connectivity index (χ1n) is 15.4. The first kappa shape index (κ1) is 29.4. The molecule has 0 saturated heterocycles. The van der Waals surface area contributed by atoms with E-state index in [1.165, 1.54) is 134 Å². The van der Waals surface area contributed by atoms with Crippen molar-refractivity contribution in [1.29, 1.82) is 0 Å². The minimum Gasteiger partial charge on any atom is -0.375 e. The fourth-order valence-electron chi connectivity index (χ4n) is 6.00. The van der Waals surface area contributed by atoms with Gasteiger partial charge < -0.3 is 4.74 Å². The monoisotopic (exact) mass is 474 g/mol. The molecule has 198 valence electrons. The Morgan fingerprint density at radius 2 is 1.41 bits per heavy atom. The average molecular weight is 475 g/mol. The van der Waals surface area contributed by atoms with Crippen LogP contribution in [0.1, 0.15) is 156 Å². The maximum absolute atomic E-state index is 6.81. The molecule has 2 aliphatic rings. The van der Waals surface area contributed by atoms with E-state index in [1.54, 1.807) is 5.57 Å². The van der Waals surface area contributed by atoms with Gasteiger partial charge in [0.25, 0.3) is 0 Å². The van der Waals surface area contributed by atoms with E-state index in [1.807, 2.05) is 0 Å². The molecule has 1 N–H and O–H groups in total. The zero-order chi connectivity index (χ0) is 24.4. The molecular weight excluding hydrogens is 416 g/mol. The number of rotatable bonds is 18. The molecule has 0 spiro atoms. The number of allylic oxidation sites excluding steroid dienone is 1. The summed E-state index contributed by atoms with van der Waals surface area (Å²) >= 11 is 0. The molecule has 3 unspecified atom stereocenters. The van der Waals surface area contributed by atoms with E-state index in [4.69, 9.17) is 9.84 Å². The van der Waals surface area contributed by atoms with Crippen LogP contribution in [0, 0.1) is 11.8 Å². The Kier molecular flexibility index (Phi) is 15.9. The smallest absolute Gasteiger partial charge is 0.0582 e. The van der Waals surface area contributed by atoms with Gasteiger partial charge in [0.1, 0.15) is 0 Å². The van der Waals surface area contributed by atoms with Gasteiger partial charge in [0.05, 0.1) is 12.2 Å². The zero-order valence-corrected chi connectivity index (χ0v) is 23.4. The van der Waals surface area contributed by atoms with Crippen molar-refractivity contribution in [2.45, 2.75) is 168 Å². The lowest BCUT2D eigenvalue weighted by Gasteiger charge is -2.34. The maximum atomic E-state index is 6.81. The fraction of sp³-hybridized carbons (Fsp3) is 0.903. The van der Waals surface area contributed by atoms with Crippen LogP contribution < -0.4 is 5.43 Å². The highest BCUT2D eigenvalue weighted by Crippen LogP contribution is 2.36. The van der Waals surface area contributed by atoms with Crippen LogP contribution >= 0.6 is 0 Å². The molecule has 0 radical (unpaired) electrons. The summed E-state index contributed by atoms with van der Waals surface area (Å²) in [7, 11) is 0. The van der Waals surface area contributed by atoms with Crippen molar-refractivity contribution >= 4 is 5.71 Å². The molecule has 1 heterocycles. The molecule has 0 aromatic heterocycles. The number of unbranched alkanes of at least 4 members (excludes halogenated alkanes) is 7. The molecule has 2 rings (SSSR count). The van der Waals surface area contributed by atoms with Gasteiger partial charge in [-0.15, -0.1) is 0 Å². The van der Waals surface area contributed by atoms with Crippen molar-refractivity contribution in [3.05, 3.63) is 11.8 Å². The summed E-state index contributed by atoms with van der Waals surface area (Å²) in [6.07, 6.45) is 29.0. The van der Waals surface area contributed by atoms with Crippen LogP contribution in [0.15, 0.2) is 16.9 Å². The number of hydrazone groups is 1. The van der Waals surface area contributed by atoms with Gasteiger partial charge in [-0.25, -0.2) is 0 Å². The minimum atomic E-state index is 0.442. The minimum absolute atomic E-state index is 0.442. The molecular formula is C31H58N2O. The van der Waals surface area contributed by atoms with E-state index in [0.717, 1.165) is 0 Å². The third-order valence-electron chi connectivity index (χ3n) is 8.15. The molecule has 1 aliphatic carbocycles. The lowest BCUT2D eigenvalue weighted by molar-refractivity contribution is -0.0326. The number of hydrogen-bond acceptors (Lipinski definition) is 3. The standard InChI is InChI=1S/C31H58N2O/c1-5-9-13-18-26(17-12-8-4)31-30-22-16-21-29(24-23-27(30)25-32-33-31)34-28(19-14-10-6-2)20-15-11-7-3/h25-26,28-30,32H,5-24H2,1-4H3. The number of nitrogens with zero attached hydrogens (tertiary/aromatic N) is 1. The van der Waals surface area contributed by atoms with Gasteiger partial charge in [-0.3, -0.25) is 5.43 Å². The van der Waals surface area contributed by atoms with Crippen LogP contribution in [0.3, 0.4) is 0 Å². The Morgan fingerprint density at radius 3 is 2.06 bits per heavy atom. The van der Waals surface area contributed by atoms with Crippen LogP contribution in [0.4, 0.5) is 0 Å². The normalized spacial score (nSPS) is 21.8. The Balaban J connectivity index is 1.95. The number of ether oxygens (including phenoxy) is 1. The summed E-state index contributed by atoms with van der Waals surface area (Å²) in [6.45, 7) is 9.24. The topological polar surface area (TPSA) is 33.6 Å². The van der Waals surface area contributed by atoms with Crippen molar-refractivity contribution in [3.63, 3.8) is 0 Å². The second kappa shape index (κ2) is 18.4. The summed E-state index contributed by atoms with van der Waals surface area (Å²) in [6, 6.07) is 0. The first-order valence-corrected chi connectivity index (χ1v) is 15.4. The van der Waals surface area contributed by atoms with E-state index in [2.05, 4.69) is 39.3 Å². The molecule has 0 aromatic carbocycles. The van der Waals surface area contributed by atoms with Gasteiger partial charge in [-0.05, 0) is 69.3 Å². The number of nitrogens with one attached hydrogen (secondary N) is 1. The second-order valence-electron chi connectivity index (χ2n) is 11.1. The van der Waals surface area contributed by atoms with Gasteiger partial charge in [0.15, 0.2) is 0 Å². The molecule has 1 saturated carbocycles. The number of hydrogen-bond donors (Lipinski definition) is 1. The quantitative estimate of drug-likeness (QED) is 0.201. The molecule has 0 bridgehead atoms. The van der Waals surface area contributed by atoms with Crippen LogP contribution in [0.5, 0.6) is 0 Å². The first-order chi connectivity index (χ1) is 16.7. The SMILES string of the molecule is CCCCCC(CCCCC)OC1CCCC2C(=CNN=C2C(CCCC)CCCCC)CC1. The summed E-state index contributed by atoms with van der Waals surface area (Å²) < 4.78 is 6.81. The van der Waals surface area contributed by atoms with Crippen LogP contribution in [-0.4, -0.2) is 17.9 Å². The summed E-state index contributed by atoms with van der Waals surface area (Å²) in [5, 5.41) is 4.93. The summed E-state index contributed by atoms with van der Waals surface area (Å²) in [5.41, 5.74) is 6.42. The highest BCUT2D eigenvalue weighted by Gasteiger charge is 2.31. The largest absolute Gasteiger partial charge is 0.375 e. The van der Waals surface area contributed by atoms with Crippen molar-refractivity contribution in [2.75, 3.05) is 0 Å². The third-order valence-corrected chi connectivity index (χ3v) is 8.15. The predicted octanol–water partition coefficient (Wildman–Crippen LogP) is 9.71. The Labute approximate surface area is 213 Å². The molecule has 3 heteroatoms. The van der Waals surface area contributed by atoms with Gasteiger partial charge in [-0.1, -0.05) is 98.3 Å². The average Bonchev–Trinajstić information content (AvgIpc) is 2.83. The Hall–Kier alpha value is -0.830. The van der Waals surface area contributed by atoms with Gasteiger partial charge in [0, 0.05) is 17.8 Å². The Morgan fingerprint density at radius 1 is 0.794 bits per heavy atom. The highest BCUT2D eigenvalue weighted by atomic mass is 16.5. The fourth-order valence-corrected chi connectivity index (χ4v) is 6.00. The van der Waals surface area contributed by atoms with Crippen molar-refractivity contribution in [1.82, 2.24) is 5.43 Å². The van der Waals surface area contributed by atoms with E-state index in [-0.39, 0.29) is 0 Å². The van der Waals surface area contributed by atoms with E-state index in [9.17, 15) is 0 Å². The summed E-state index contributed by atoms with van der Waals surface area (Å²) in [5.74, 6) is 1.25. The lowest BCUT2D eigenvalue weighted by Crippen LogP contribution is -2.33. The molecule has 0 amide bonds. The van der Waals surface area contributed by atoms with Crippen molar-refractivity contribution in [2.24, 2.45) is 16.9 Å². The molecule has 34 heavy (non-hydrogen) atoms. The third kappa shape index (κ3) is 10.8. The van der Waals surface area contributed by atoms with Crippen molar-refractivity contribution < 1.29 is 4.74 Å². The van der Waals surface area contributed by atoms with Gasteiger partial charge >= 0.3 is 0 Å². The van der Waals surface area contributed by atoms with Crippen LogP contribution in [0.2, 0.25) is 0 Å². The highest BCUT2D eigenvalue weighted by molar-refractivity contribution is 5.91. The van der Waals surface area contributed by atoms with Crippen LogP contribution in [0.25, 0.3) is 0 Å². The molecule has 3 nitrogen and oxygen atoms in total. The van der Waals surface area contributed by atoms with E-state index in [0.29, 0.717) is 24.0 Å². The van der Waals surface area contributed by atoms with E-state index >= 15 is 0 Å². The molecule has 1 fully saturated rings. The van der Waals surface area contributed by atoms with Crippen LogP contribution in [-0.2, 0) is 4.74 Å². The van der Waals surface area contributed by atoms with E-state index < -0.39 is 0 Å². The number of fused-ring (bicyclic) bond motifs is 1. The molecule has 0 aromatic rings. The second-order valence-corrected chi connectivity index (χ2v) is 11.1. The summed E-state index contributed by atoms with van der Waals surface area (Å²) in [4.78, 5) is 0.